The Kier molecular flexibility index (Phi) is 4.70. The van der Waals surface area contributed by atoms with Crippen LogP contribution in [0.5, 0.6) is 0 Å². The molecule has 4 nitrogen and oxygen atoms in total. The van der Waals surface area contributed by atoms with E-state index in [1.807, 2.05) is 12.1 Å². The molecule has 0 aliphatic carbocycles. The van der Waals surface area contributed by atoms with E-state index in [0.717, 1.165) is 25.2 Å². The molecule has 1 unspecified atom stereocenters. The highest BCUT2D eigenvalue weighted by molar-refractivity contribution is 7.91. The lowest BCUT2D eigenvalue weighted by molar-refractivity contribution is 0.274. The molecular weight excluding hydrogens is 272 g/mol. The molecule has 1 fully saturated rings. The zero-order valence-electron chi connectivity index (χ0n) is 12.5. The number of likely N-dealkylation sites (tertiary alicyclic amines) is 1. The molecule has 0 amide bonds. The van der Waals surface area contributed by atoms with Gasteiger partial charge in [0.05, 0.1) is 16.3 Å². The van der Waals surface area contributed by atoms with Gasteiger partial charge in [0, 0.05) is 25.2 Å². The van der Waals surface area contributed by atoms with Crippen LogP contribution in [0.25, 0.3) is 0 Å². The van der Waals surface area contributed by atoms with Crippen molar-refractivity contribution in [2.24, 2.45) is 0 Å². The van der Waals surface area contributed by atoms with Gasteiger partial charge in [-0.05, 0) is 32.4 Å². The predicted octanol–water partition coefficient (Wildman–Crippen LogP) is 2.37. The average Bonchev–Trinajstić information content (AvgIpc) is 2.88. The highest BCUT2D eigenvalue weighted by atomic mass is 32.2. The fourth-order valence-corrected chi connectivity index (χ4v) is 3.67. The monoisotopic (exact) mass is 296 g/mol. The van der Waals surface area contributed by atoms with Gasteiger partial charge in [-0.2, -0.15) is 0 Å². The summed E-state index contributed by atoms with van der Waals surface area (Å²) in [7, 11) is -3.18. The lowest BCUT2D eigenvalue weighted by Gasteiger charge is -2.21. The minimum atomic E-state index is -3.18. The van der Waals surface area contributed by atoms with Crippen LogP contribution in [0.2, 0.25) is 0 Å². The zero-order chi connectivity index (χ0) is 14.8. The Hall–Kier alpha value is -1.07. The van der Waals surface area contributed by atoms with Crippen LogP contribution in [0.3, 0.4) is 0 Å². The highest BCUT2D eigenvalue weighted by Gasteiger charge is 2.25. The molecule has 0 saturated carbocycles. The second kappa shape index (κ2) is 6.14. The molecule has 0 spiro atoms. The number of para-hydroxylation sites is 1. The fourth-order valence-electron chi connectivity index (χ4n) is 2.61. The first-order chi connectivity index (χ1) is 9.44. The Morgan fingerprint density at radius 3 is 2.65 bits per heavy atom. The number of rotatable bonds is 5. The first-order valence-corrected chi connectivity index (χ1v) is 8.91. The molecule has 1 aromatic carbocycles. The van der Waals surface area contributed by atoms with Crippen LogP contribution in [0, 0.1) is 0 Å². The summed E-state index contributed by atoms with van der Waals surface area (Å²) in [6, 6.07) is 8.08. The van der Waals surface area contributed by atoms with E-state index < -0.39 is 9.84 Å². The second-order valence-electron chi connectivity index (χ2n) is 5.62. The minimum absolute atomic E-state index is 0.133. The van der Waals surface area contributed by atoms with Gasteiger partial charge in [-0.25, -0.2) is 8.42 Å². The van der Waals surface area contributed by atoms with Crippen LogP contribution < -0.4 is 5.32 Å². The zero-order valence-corrected chi connectivity index (χ0v) is 13.3. The summed E-state index contributed by atoms with van der Waals surface area (Å²) in [6.07, 6.45) is 1.05. The second-order valence-corrected chi connectivity index (χ2v) is 7.86. The first-order valence-electron chi connectivity index (χ1n) is 7.26. The van der Waals surface area contributed by atoms with Crippen LogP contribution in [0.4, 0.5) is 5.69 Å². The Labute approximate surface area is 122 Å². The largest absolute Gasteiger partial charge is 0.380 e. The van der Waals surface area contributed by atoms with E-state index in [1.165, 1.54) is 0 Å². The van der Waals surface area contributed by atoms with Crippen LogP contribution >= 0.6 is 0 Å². The Morgan fingerprint density at radius 1 is 1.35 bits per heavy atom. The summed E-state index contributed by atoms with van der Waals surface area (Å²) < 4.78 is 24.2. The summed E-state index contributed by atoms with van der Waals surface area (Å²) in [4.78, 5) is 2.83. The van der Waals surface area contributed by atoms with E-state index in [9.17, 15) is 8.42 Å². The number of anilines is 1. The maximum atomic E-state index is 12.1. The smallest absolute Gasteiger partial charge is 0.180 e. The van der Waals surface area contributed by atoms with Crippen LogP contribution in [0.1, 0.15) is 27.2 Å². The summed E-state index contributed by atoms with van der Waals surface area (Å²) >= 11 is 0. The van der Waals surface area contributed by atoms with E-state index in [1.54, 1.807) is 19.1 Å². The van der Waals surface area contributed by atoms with Crippen LogP contribution in [-0.2, 0) is 9.84 Å². The van der Waals surface area contributed by atoms with Crippen molar-refractivity contribution in [3.05, 3.63) is 24.3 Å². The number of hydrogen-bond donors (Lipinski definition) is 1. The van der Waals surface area contributed by atoms with Gasteiger partial charge in [-0.3, -0.25) is 4.90 Å². The molecule has 1 saturated heterocycles. The number of nitrogens with zero attached hydrogens (tertiary/aromatic N) is 1. The van der Waals surface area contributed by atoms with Gasteiger partial charge in [0.2, 0.25) is 0 Å². The third-order valence-corrected chi connectivity index (χ3v) is 5.70. The molecule has 1 heterocycles. The van der Waals surface area contributed by atoms with Gasteiger partial charge < -0.3 is 5.32 Å². The molecule has 1 aromatic rings. The summed E-state index contributed by atoms with van der Waals surface area (Å²) in [5, 5.41) is 3.41. The molecule has 1 aliphatic rings. The van der Waals surface area contributed by atoms with E-state index in [0.29, 0.717) is 17.0 Å². The number of benzene rings is 1. The third-order valence-electron chi connectivity index (χ3n) is 3.91. The molecule has 1 atom stereocenters. The van der Waals surface area contributed by atoms with Crippen LogP contribution in [0.15, 0.2) is 29.2 Å². The number of nitrogens with one attached hydrogen (secondary N) is 1. The predicted molar refractivity (Wildman–Crippen MR) is 82.9 cm³/mol. The molecule has 5 heteroatoms. The molecule has 1 aliphatic heterocycles. The molecule has 0 aromatic heterocycles. The van der Waals surface area contributed by atoms with Crippen molar-refractivity contribution < 1.29 is 8.42 Å². The maximum absolute atomic E-state index is 12.1. The number of sulfone groups is 1. The third kappa shape index (κ3) is 3.33. The summed E-state index contributed by atoms with van der Waals surface area (Å²) in [5.74, 6) is 0.133. The van der Waals surface area contributed by atoms with Gasteiger partial charge in [0.15, 0.2) is 9.84 Å². The molecule has 0 bridgehead atoms. The quantitative estimate of drug-likeness (QED) is 0.906. The molecule has 0 radical (unpaired) electrons. The van der Waals surface area contributed by atoms with Crippen molar-refractivity contribution >= 4 is 15.5 Å². The van der Waals surface area contributed by atoms with E-state index >= 15 is 0 Å². The van der Waals surface area contributed by atoms with Crippen molar-refractivity contribution in [2.75, 3.05) is 24.2 Å². The van der Waals surface area contributed by atoms with Crippen molar-refractivity contribution in [1.29, 1.82) is 0 Å². The first kappa shape index (κ1) is 15.3. The lowest BCUT2D eigenvalue weighted by atomic mass is 10.2. The SMILES string of the molecule is CCS(=O)(=O)c1ccccc1NC1CCN(C(C)C)C1. The Balaban J connectivity index is 2.15. The Bertz CT molecular complexity index is 555. The molecule has 112 valence electrons. The van der Waals surface area contributed by atoms with Crippen molar-refractivity contribution in [3.63, 3.8) is 0 Å². The molecule has 1 N–H and O–H groups in total. The molecule has 20 heavy (non-hydrogen) atoms. The van der Waals surface area contributed by atoms with Crippen molar-refractivity contribution in [1.82, 2.24) is 4.90 Å². The standard InChI is InChI=1S/C15H24N2O2S/c1-4-20(18,19)15-8-6-5-7-14(15)16-13-9-10-17(11-13)12(2)3/h5-8,12-13,16H,4,9-11H2,1-3H3. The highest BCUT2D eigenvalue weighted by Crippen LogP contribution is 2.25. The summed E-state index contributed by atoms with van der Waals surface area (Å²) in [5.41, 5.74) is 0.741. The number of hydrogen-bond acceptors (Lipinski definition) is 4. The van der Waals surface area contributed by atoms with Crippen molar-refractivity contribution in [3.8, 4) is 0 Å². The van der Waals surface area contributed by atoms with E-state index in [-0.39, 0.29) is 5.75 Å². The fraction of sp³-hybridized carbons (Fsp3) is 0.600. The van der Waals surface area contributed by atoms with E-state index in [2.05, 4.69) is 24.1 Å². The Morgan fingerprint density at radius 2 is 2.05 bits per heavy atom. The van der Waals surface area contributed by atoms with Crippen molar-refractivity contribution in [2.45, 2.75) is 44.2 Å². The molecular formula is C15H24N2O2S. The summed E-state index contributed by atoms with van der Waals surface area (Å²) in [6.45, 7) is 8.11. The maximum Gasteiger partial charge on any atom is 0.180 e. The topological polar surface area (TPSA) is 49.4 Å². The minimum Gasteiger partial charge on any atom is -0.380 e. The van der Waals surface area contributed by atoms with Crippen LogP contribution in [-0.4, -0.2) is 44.2 Å². The lowest BCUT2D eigenvalue weighted by Crippen LogP contribution is -2.31. The average molecular weight is 296 g/mol. The van der Waals surface area contributed by atoms with Gasteiger partial charge >= 0.3 is 0 Å². The van der Waals surface area contributed by atoms with E-state index in [4.69, 9.17) is 0 Å². The normalized spacial score (nSPS) is 20.5. The van der Waals surface area contributed by atoms with Gasteiger partial charge in [-0.1, -0.05) is 19.1 Å². The van der Waals surface area contributed by atoms with Gasteiger partial charge in [0.1, 0.15) is 0 Å². The van der Waals surface area contributed by atoms with Gasteiger partial charge in [0.25, 0.3) is 0 Å². The van der Waals surface area contributed by atoms with Gasteiger partial charge in [-0.15, -0.1) is 0 Å². The molecule has 2 rings (SSSR count).